The minimum absolute atomic E-state index is 0.0272. The van der Waals surface area contributed by atoms with Gasteiger partial charge in [-0.25, -0.2) is 0 Å². The molecule has 1 amide bonds. The summed E-state index contributed by atoms with van der Waals surface area (Å²) in [6, 6.07) is 7.44. The van der Waals surface area contributed by atoms with E-state index >= 15 is 0 Å². The van der Waals surface area contributed by atoms with Crippen molar-refractivity contribution in [3.63, 3.8) is 0 Å². The molecule has 0 saturated carbocycles. The molecule has 0 unspecified atom stereocenters. The van der Waals surface area contributed by atoms with Crippen LogP contribution in [-0.2, 0) is 16.2 Å². The summed E-state index contributed by atoms with van der Waals surface area (Å²) in [7, 11) is -1.13. The second-order valence-corrected chi connectivity index (χ2v) is 15.8. The Hall–Kier alpha value is -2.00. The molecule has 1 N–H and O–H groups in total. The van der Waals surface area contributed by atoms with Crippen LogP contribution in [-0.4, -0.2) is 49.4 Å². The van der Waals surface area contributed by atoms with Crippen LogP contribution in [0.5, 0.6) is 0 Å². The first-order valence-electron chi connectivity index (χ1n) is 10.9. The van der Waals surface area contributed by atoms with Crippen LogP contribution in [0.15, 0.2) is 36.1 Å². The molecule has 1 aliphatic rings. The normalized spacial score (nSPS) is 15.5. The number of ether oxygens (including phenoxy) is 2. The molecule has 166 valence electrons. The fourth-order valence-corrected chi connectivity index (χ4v) is 5.11. The van der Waals surface area contributed by atoms with Crippen LogP contribution in [0, 0.1) is 0 Å². The molecule has 1 fully saturated rings. The van der Waals surface area contributed by atoms with Crippen LogP contribution in [0.25, 0.3) is 21.3 Å². The number of carbonyl (C=O) groups excluding carboxylic acids is 1. The van der Waals surface area contributed by atoms with Gasteiger partial charge in [0, 0.05) is 57.3 Å². The molecule has 6 nitrogen and oxygen atoms in total. The van der Waals surface area contributed by atoms with Gasteiger partial charge in [-0.05, 0) is 42.6 Å². The van der Waals surface area contributed by atoms with Crippen molar-refractivity contribution in [2.45, 2.75) is 51.3 Å². The van der Waals surface area contributed by atoms with Gasteiger partial charge in [-0.15, -0.1) is 11.3 Å². The van der Waals surface area contributed by atoms with E-state index in [1.807, 2.05) is 30.0 Å². The Kier molecular flexibility index (Phi) is 6.91. The smallest absolute Gasteiger partial charge is 0.252 e. The SMILES string of the molecule is C[Si](C)(C)CCOCn1ccc2c(C(=O)NC3CCOCC3)cc(-c3cncs3)cc21. The third-order valence-electron chi connectivity index (χ3n) is 5.63. The fourth-order valence-electron chi connectivity index (χ4n) is 3.74. The summed E-state index contributed by atoms with van der Waals surface area (Å²) in [6.07, 6.45) is 5.58. The highest BCUT2D eigenvalue weighted by Gasteiger charge is 2.21. The van der Waals surface area contributed by atoms with Gasteiger partial charge in [-0.2, -0.15) is 0 Å². The van der Waals surface area contributed by atoms with Crippen molar-refractivity contribution in [2.75, 3.05) is 19.8 Å². The molecule has 1 aromatic carbocycles. The first-order valence-corrected chi connectivity index (χ1v) is 15.5. The van der Waals surface area contributed by atoms with Gasteiger partial charge in [0.25, 0.3) is 5.91 Å². The number of thiazole rings is 1. The lowest BCUT2D eigenvalue weighted by atomic mass is 10.0. The molecular formula is C23H31N3O3SSi. The zero-order valence-corrected chi connectivity index (χ0v) is 20.3. The van der Waals surface area contributed by atoms with Crippen LogP contribution >= 0.6 is 11.3 Å². The van der Waals surface area contributed by atoms with Gasteiger partial charge in [-0.3, -0.25) is 9.78 Å². The predicted molar refractivity (Wildman–Crippen MR) is 128 cm³/mol. The zero-order chi connectivity index (χ0) is 21.8. The Bertz CT molecular complexity index is 1020. The van der Waals surface area contributed by atoms with Gasteiger partial charge in [0.15, 0.2) is 0 Å². The van der Waals surface area contributed by atoms with Gasteiger partial charge in [0.05, 0.1) is 15.9 Å². The number of benzene rings is 1. The first kappa shape index (κ1) is 22.2. The number of nitrogens with zero attached hydrogens (tertiary/aromatic N) is 2. The van der Waals surface area contributed by atoms with Crippen LogP contribution in [0.3, 0.4) is 0 Å². The predicted octanol–water partition coefficient (Wildman–Crippen LogP) is 4.99. The summed E-state index contributed by atoms with van der Waals surface area (Å²) in [5, 5.41) is 4.16. The van der Waals surface area contributed by atoms with E-state index < -0.39 is 8.07 Å². The Morgan fingerprint density at radius 2 is 2.13 bits per heavy atom. The summed E-state index contributed by atoms with van der Waals surface area (Å²) in [6.45, 7) is 9.71. The van der Waals surface area contributed by atoms with E-state index in [1.54, 1.807) is 11.3 Å². The molecular weight excluding hydrogens is 426 g/mol. The Morgan fingerprint density at radius 1 is 1.32 bits per heavy atom. The van der Waals surface area contributed by atoms with E-state index in [4.69, 9.17) is 9.47 Å². The van der Waals surface area contributed by atoms with Crippen LogP contribution in [0.1, 0.15) is 23.2 Å². The minimum atomic E-state index is -1.13. The molecule has 0 spiro atoms. The van der Waals surface area contributed by atoms with E-state index in [1.165, 1.54) is 0 Å². The maximum atomic E-state index is 13.2. The Morgan fingerprint density at radius 3 is 2.84 bits per heavy atom. The Labute approximate surface area is 188 Å². The van der Waals surface area contributed by atoms with Crippen molar-refractivity contribution in [2.24, 2.45) is 0 Å². The van der Waals surface area contributed by atoms with E-state index in [2.05, 4.69) is 40.6 Å². The highest BCUT2D eigenvalue weighted by Crippen LogP contribution is 2.31. The van der Waals surface area contributed by atoms with Crippen molar-refractivity contribution < 1.29 is 14.3 Å². The van der Waals surface area contributed by atoms with E-state index in [0.717, 1.165) is 46.8 Å². The molecule has 0 radical (unpaired) electrons. The molecule has 8 heteroatoms. The maximum absolute atomic E-state index is 13.2. The molecule has 1 saturated heterocycles. The number of fused-ring (bicyclic) bond motifs is 1. The number of rotatable bonds is 8. The molecule has 0 atom stereocenters. The van der Waals surface area contributed by atoms with Gasteiger partial charge in [0.2, 0.25) is 0 Å². The number of amides is 1. The maximum Gasteiger partial charge on any atom is 0.252 e. The lowest BCUT2D eigenvalue weighted by molar-refractivity contribution is 0.0697. The minimum Gasteiger partial charge on any atom is -0.381 e. The molecule has 0 aliphatic carbocycles. The number of hydrogen-bond acceptors (Lipinski definition) is 5. The molecule has 1 aliphatic heterocycles. The van der Waals surface area contributed by atoms with Gasteiger partial charge in [0.1, 0.15) is 6.73 Å². The third-order valence-corrected chi connectivity index (χ3v) is 8.16. The summed E-state index contributed by atoms with van der Waals surface area (Å²) >= 11 is 1.58. The van der Waals surface area contributed by atoms with E-state index in [-0.39, 0.29) is 11.9 Å². The summed E-state index contributed by atoms with van der Waals surface area (Å²) in [5.41, 5.74) is 4.54. The van der Waals surface area contributed by atoms with Crippen molar-refractivity contribution in [3.8, 4) is 10.4 Å². The Balaban J connectivity index is 1.61. The highest BCUT2D eigenvalue weighted by atomic mass is 32.1. The molecule has 2 aromatic heterocycles. The van der Waals surface area contributed by atoms with Crippen molar-refractivity contribution >= 4 is 36.2 Å². The number of hydrogen-bond donors (Lipinski definition) is 1. The lowest BCUT2D eigenvalue weighted by Gasteiger charge is -2.23. The highest BCUT2D eigenvalue weighted by molar-refractivity contribution is 7.13. The monoisotopic (exact) mass is 457 g/mol. The number of nitrogens with one attached hydrogen (secondary N) is 1. The van der Waals surface area contributed by atoms with Gasteiger partial charge < -0.3 is 19.4 Å². The van der Waals surface area contributed by atoms with Gasteiger partial charge >= 0.3 is 0 Å². The third kappa shape index (κ3) is 5.63. The van der Waals surface area contributed by atoms with Crippen molar-refractivity contribution in [1.82, 2.24) is 14.9 Å². The van der Waals surface area contributed by atoms with Crippen molar-refractivity contribution in [1.29, 1.82) is 0 Å². The van der Waals surface area contributed by atoms with Crippen LogP contribution < -0.4 is 5.32 Å². The quantitative estimate of drug-likeness (QED) is 0.382. The van der Waals surface area contributed by atoms with E-state index in [0.29, 0.717) is 25.5 Å². The fraction of sp³-hybridized carbons (Fsp3) is 0.478. The summed E-state index contributed by atoms with van der Waals surface area (Å²) in [5.74, 6) is -0.0272. The molecule has 3 heterocycles. The van der Waals surface area contributed by atoms with E-state index in [9.17, 15) is 4.79 Å². The molecule has 0 bridgehead atoms. The molecule has 3 aromatic rings. The molecule has 4 rings (SSSR count). The second-order valence-electron chi connectivity index (χ2n) is 9.32. The van der Waals surface area contributed by atoms with Crippen LogP contribution in [0.4, 0.5) is 0 Å². The second kappa shape index (κ2) is 9.64. The van der Waals surface area contributed by atoms with Crippen molar-refractivity contribution in [3.05, 3.63) is 41.7 Å². The van der Waals surface area contributed by atoms with Crippen LogP contribution in [0.2, 0.25) is 25.7 Å². The number of carbonyl (C=O) groups is 1. The summed E-state index contributed by atoms with van der Waals surface area (Å²) in [4.78, 5) is 18.5. The average Bonchev–Trinajstić information content (AvgIpc) is 3.41. The number of aromatic nitrogens is 2. The standard InChI is InChI=1S/C23H31N3O3SSi/c1-31(2,3)11-10-29-16-26-7-4-19-20(23(27)25-18-5-8-28-9-6-18)12-17(13-21(19)26)22-14-24-15-30-22/h4,7,12-15,18H,5-6,8-11,16H2,1-3H3,(H,25,27). The summed E-state index contributed by atoms with van der Waals surface area (Å²) < 4.78 is 13.5. The lowest BCUT2D eigenvalue weighted by Crippen LogP contribution is -2.38. The van der Waals surface area contributed by atoms with Gasteiger partial charge in [-0.1, -0.05) is 19.6 Å². The largest absolute Gasteiger partial charge is 0.381 e. The molecule has 31 heavy (non-hydrogen) atoms. The topological polar surface area (TPSA) is 65.4 Å². The first-order chi connectivity index (χ1) is 14.9. The zero-order valence-electron chi connectivity index (χ0n) is 18.5. The average molecular weight is 458 g/mol.